The third kappa shape index (κ3) is 8.92. The molecule has 7 nitrogen and oxygen atoms in total. The van der Waals surface area contributed by atoms with Gasteiger partial charge in [-0.3, -0.25) is 4.99 Å². The Morgan fingerprint density at radius 2 is 2.03 bits per heavy atom. The number of hydrogen-bond acceptors (Lipinski definition) is 5. The fraction of sp³-hybridized carbons (Fsp3) is 0.682. The summed E-state index contributed by atoms with van der Waals surface area (Å²) < 4.78 is 22.2. The summed E-state index contributed by atoms with van der Waals surface area (Å²) in [6.45, 7) is 6.62. The highest BCUT2D eigenvalue weighted by atomic mass is 16.5. The summed E-state index contributed by atoms with van der Waals surface area (Å²) in [5, 5.41) is 6.69. The SMILES string of the molecule is CCOc1cc(CCCNC(=NC)NCCCOCC2CCCO2)ccc1OC. The van der Waals surface area contributed by atoms with E-state index < -0.39 is 0 Å². The van der Waals surface area contributed by atoms with Crippen molar-refractivity contribution in [3.8, 4) is 11.5 Å². The third-order valence-electron chi connectivity index (χ3n) is 4.77. The average Bonchev–Trinajstić information content (AvgIpc) is 3.26. The van der Waals surface area contributed by atoms with E-state index >= 15 is 0 Å². The largest absolute Gasteiger partial charge is 0.493 e. The van der Waals surface area contributed by atoms with Crippen LogP contribution in [0.5, 0.6) is 11.5 Å². The smallest absolute Gasteiger partial charge is 0.190 e. The van der Waals surface area contributed by atoms with E-state index in [1.54, 1.807) is 14.2 Å². The second-order valence-electron chi connectivity index (χ2n) is 7.01. The summed E-state index contributed by atoms with van der Waals surface area (Å²) >= 11 is 0. The first-order valence-electron chi connectivity index (χ1n) is 10.7. The van der Waals surface area contributed by atoms with Crippen LogP contribution >= 0.6 is 0 Å². The molecular weight excluding hydrogens is 370 g/mol. The van der Waals surface area contributed by atoms with E-state index in [4.69, 9.17) is 18.9 Å². The van der Waals surface area contributed by atoms with Gasteiger partial charge in [-0.2, -0.15) is 0 Å². The quantitative estimate of drug-likeness (QED) is 0.298. The third-order valence-corrected chi connectivity index (χ3v) is 4.77. The number of nitrogens with one attached hydrogen (secondary N) is 2. The highest BCUT2D eigenvalue weighted by molar-refractivity contribution is 5.79. The molecule has 2 rings (SSSR count). The van der Waals surface area contributed by atoms with Gasteiger partial charge >= 0.3 is 0 Å². The van der Waals surface area contributed by atoms with Gasteiger partial charge in [-0.25, -0.2) is 0 Å². The number of methoxy groups -OCH3 is 1. The molecule has 0 saturated carbocycles. The Bertz CT molecular complexity index is 604. The van der Waals surface area contributed by atoms with Crippen LogP contribution in [0.25, 0.3) is 0 Å². The molecule has 0 bridgehead atoms. The van der Waals surface area contributed by atoms with E-state index in [0.717, 1.165) is 75.9 Å². The first-order chi connectivity index (χ1) is 14.3. The van der Waals surface area contributed by atoms with Gasteiger partial charge in [0.25, 0.3) is 0 Å². The van der Waals surface area contributed by atoms with Crippen LogP contribution < -0.4 is 20.1 Å². The summed E-state index contributed by atoms with van der Waals surface area (Å²) in [6.07, 6.45) is 5.49. The Hall–Kier alpha value is -1.99. The predicted molar refractivity (Wildman–Crippen MR) is 116 cm³/mol. The molecule has 1 aliphatic rings. The lowest BCUT2D eigenvalue weighted by Gasteiger charge is -2.13. The number of benzene rings is 1. The molecular formula is C22H37N3O4. The molecule has 29 heavy (non-hydrogen) atoms. The van der Waals surface area contributed by atoms with Crippen molar-refractivity contribution in [2.75, 3.05) is 53.7 Å². The van der Waals surface area contributed by atoms with Gasteiger partial charge in [0, 0.05) is 33.4 Å². The van der Waals surface area contributed by atoms with Crippen molar-refractivity contribution in [2.24, 2.45) is 4.99 Å². The molecule has 1 fully saturated rings. The maximum absolute atomic E-state index is 5.68. The molecule has 0 spiro atoms. The van der Waals surface area contributed by atoms with Gasteiger partial charge in [-0.1, -0.05) is 6.07 Å². The lowest BCUT2D eigenvalue weighted by Crippen LogP contribution is -2.38. The van der Waals surface area contributed by atoms with Crippen LogP contribution in [0.1, 0.15) is 38.2 Å². The number of aliphatic imine (C=N–C) groups is 1. The summed E-state index contributed by atoms with van der Waals surface area (Å²) in [6, 6.07) is 6.12. The van der Waals surface area contributed by atoms with Crippen LogP contribution in [0.15, 0.2) is 23.2 Å². The molecule has 1 aromatic rings. The Kier molecular flexibility index (Phi) is 11.3. The van der Waals surface area contributed by atoms with E-state index in [9.17, 15) is 0 Å². The Labute approximate surface area is 175 Å². The van der Waals surface area contributed by atoms with Crippen molar-refractivity contribution in [3.63, 3.8) is 0 Å². The first kappa shape index (κ1) is 23.3. The number of nitrogens with zero attached hydrogens (tertiary/aromatic N) is 1. The number of guanidine groups is 1. The molecule has 0 aliphatic carbocycles. The molecule has 164 valence electrons. The normalized spacial score (nSPS) is 16.7. The van der Waals surface area contributed by atoms with Gasteiger partial charge in [0.15, 0.2) is 17.5 Å². The fourth-order valence-corrected chi connectivity index (χ4v) is 3.24. The molecule has 1 aliphatic heterocycles. The molecule has 2 N–H and O–H groups in total. The minimum absolute atomic E-state index is 0.299. The first-order valence-corrected chi connectivity index (χ1v) is 10.7. The predicted octanol–water partition coefficient (Wildman–Crippen LogP) is 2.78. The Balaban J connectivity index is 1.56. The van der Waals surface area contributed by atoms with Crippen molar-refractivity contribution in [3.05, 3.63) is 23.8 Å². The van der Waals surface area contributed by atoms with Gasteiger partial charge in [-0.15, -0.1) is 0 Å². The number of aryl methyl sites for hydroxylation is 1. The van der Waals surface area contributed by atoms with Crippen LogP contribution in [-0.4, -0.2) is 65.7 Å². The zero-order chi connectivity index (χ0) is 20.7. The van der Waals surface area contributed by atoms with Gasteiger partial charge in [0.05, 0.1) is 26.4 Å². The fourth-order valence-electron chi connectivity index (χ4n) is 3.24. The second kappa shape index (κ2) is 14.1. The lowest BCUT2D eigenvalue weighted by atomic mass is 10.1. The van der Waals surface area contributed by atoms with Crippen LogP contribution in [0.4, 0.5) is 0 Å². The number of rotatable bonds is 13. The Morgan fingerprint density at radius 3 is 2.72 bits per heavy atom. The molecule has 0 radical (unpaired) electrons. The average molecular weight is 408 g/mol. The van der Waals surface area contributed by atoms with Crippen molar-refractivity contribution in [1.82, 2.24) is 10.6 Å². The van der Waals surface area contributed by atoms with Crippen LogP contribution in [0.3, 0.4) is 0 Å². The minimum Gasteiger partial charge on any atom is -0.493 e. The van der Waals surface area contributed by atoms with E-state index in [1.807, 2.05) is 13.0 Å². The summed E-state index contributed by atoms with van der Waals surface area (Å²) in [4.78, 5) is 4.27. The number of ether oxygens (including phenoxy) is 4. The molecule has 1 heterocycles. The van der Waals surface area contributed by atoms with E-state index in [2.05, 4.69) is 27.8 Å². The molecule has 1 aromatic carbocycles. The van der Waals surface area contributed by atoms with Crippen LogP contribution in [-0.2, 0) is 15.9 Å². The highest BCUT2D eigenvalue weighted by Crippen LogP contribution is 2.28. The van der Waals surface area contributed by atoms with Gasteiger partial charge < -0.3 is 29.6 Å². The molecule has 1 atom stereocenters. The second-order valence-corrected chi connectivity index (χ2v) is 7.01. The van der Waals surface area contributed by atoms with Gasteiger partial charge in [0.2, 0.25) is 0 Å². The lowest BCUT2D eigenvalue weighted by molar-refractivity contribution is 0.0168. The summed E-state index contributed by atoms with van der Waals surface area (Å²) in [7, 11) is 3.46. The Morgan fingerprint density at radius 1 is 1.21 bits per heavy atom. The van der Waals surface area contributed by atoms with Crippen LogP contribution in [0, 0.1) is 0 Å². The van der Waals surface area contributed by atoms with Crippen molar-refractivity contribution in [2.45, 2.75) is 45.1 Å². The number of hydrogen-bond donors (Lipinski definition) is 2. The monoisotopic (exact) mass is 407 g/mol. The van der Waals surface area contributed by atoms with Crippen LogP contribution in [0.2, 0.25) is 0 Å². The van der Waals surface area contributed by atoms with Crippen molar-refractivity contribution in [1.29, 1.82) is 0 Å². The molecule has 1 saturated heterocycles. The summed E-state index contributed by atoms with van der Waals surface area (Å²) in [5.74, 6) is 2.41. The van der Waals surface area contributed by atoms with Crippen molar-refractivity contribution >= 4 is 5.96 Å². The summed E-state index contributed by atoms with van der Waals surface area (Å²) in [5.41, 5.74) is 1.24. The van der Waals surface area contributed by atoms with Gasteiger partial charge in [0.1, 0.15) is 0 Å². The van der Waals surface area contributed by atoms with E-state index in [-0.39, 0.29) is 0 Å². The molecule has 1 unspecified atom stereocenters. The zero-order valence-electron chi connectivity index (χ0n) is 18.2. The topological polar surface area (TPSA) is 73.3 Å². The molecule has 0 aromatic heterocycles. The highest BCUT2D eigenvalue weighted by Gasteiger charge is 2.14. The van der Waals surface area contributed by atoms with Gasteiger partial charge in [-0.05, 0) is 56.7 Å². The van der Waals surface area contributed by atoms with E-state index in [1.165, 1.54) is 5.56 Å². The van der Waals surface area contributed by atoms with Crippen molar-refractivity contribution < 1.29 is 18.9 Å². The zero-order valence-corrected chi connectivity index (χ0v) is 18.2. The van der Waals surface area contributed by atoms with E-state index in [0.29, 0.717) is 19.3 Å². The minimum atomic E-state index is 0.299. The molecule has 7 heteroatoms. The maximum atomic E-state index is 5.68. The molecule has 0 amide bonds. The standard InChI is InChI=1S/C22H37N3O4/c1-4-28-21-16-18(10-11-20(21)26-3)8-5-12-24-22(23-2)25-13-7-14-27-17-19-9-6-15-29-19/h10-11,16,19H,4-9,12-15,17H2,1-3H3,(H2,23,24,25). The maximum Gasteiger partial charge on any atom is 0.190 e.